The van der Waals surface area contributed by atoms with E-state index in [1.54, 1.807) is 0 Å². The van der Waals surface area contributed by atoms with Crippen LogP contribution in [0.3, 0.4) is 0 Å². The van der Waals surface area contributed by atoms with Gasteiger partial charge in [0.25, 0.3) is 0 Å². The minimum atomic E-state index is -1.62. The lowest BCUT2D eigenvalue weighted by molar-refractivity contribution is -0.278. The highest BCUT2D eigenvalue weighted by molar-refractivity contribution is 5.45. The van der Waals surface area contributed by atoms with Gasteiger partial charge in [0.05, 0.1) is 20.3 Å². The van der Waals surface area contributed by atoms with Gasteiger partial charge in [-0.3, -0.25) is 0 Å². The first-order valence-electron chi connectivity index (χ1n) is 9.84. The predicted molar refractivity (Wildman–Crippen MR) is 102 cm³/mol. The lowest BCUT2D eigenvalue weighted by Crippen LogP contribution is -2.60. The third kappa shape index (κ3) is 4.92. The second kappa shape index (κ2) is 10.4. The van der Waals surface area contributed by atoms with Crippen molar-refractivity contribution in [1.82, 2.24) is 0 Å². The van der Waals surface area contributed by atoms with Crippen LogP contribution >= 0.6 is 0 Å². The molecule has 2 saturated heterocycles. The van der Waals surface area contributed by atoms with Gasteiger partial charge in [0.2, 0.25) is 12.6 Å². The molecular formula is C19H28O13. The molecule has 2 aliphatic heterocycles. The standard InChI is InChI=1S/C19H28O13/c1-28-9-4-7(29-18-16(26)14(24)12(22)10(5-20)31-18)2-3-8(9)30-19-17(27)15(25)13(23)11(6-21)32-19/h2-4,10-27H,5-6H2,1H3. The van der Waals surface area contributed by atoms with E-state index < -0.39 is 74.6 Å². The minimum absolute atomic E-state index is 0.0537. The summed E-state index contributed by atoms with van der Waals surface area (Å²) in [7, 11) is 1.31. The number of methoxy groups -OCH3 is 1. The molecule has 0 aliphatic carbocycles. The predicted octanol–water partition coefficient (Wildman–Crippen LogP) is -3.95. The molecule has 8 N–H and O–H groups in total. The molecule has 0 aromatic heterocycles. The van der Waals surface area contributed by atoms with E-state index in [1.165, 1.54) is 25.3 Å². The number of hydrogen-bond acceptors (Lipinski definition) is 13. The van der Waals surface area contributed by atoms with Gasteiger partial charge >= 0.3 is 0 Å². The van der Waals surface area contributed by atoms with Gasteiger partial charge in [-0.2, -0.15) is 0 Å². The smallest absolute Gasteiger partial charge is 0.229 e. The monoisotopic (exact) mass is 464 g/mol. The van der Waals surface area contributed by atoms with Gasteiger partial charge in [0.1, 0.15) is 54.6 Å². The van der Waals surface area contributed by atoms with Crippen molar-refractivity contribution in [3.8, 4) is 17.2 Å². The summed E-state index contributed by atoms with van der Waals surface area (Å²) in [6.45, 7) is -1.23. The number of ether oxygens (including phenoxy) is 5. The molecule has 1 aromatic carbocycles. The number of benzene rings is 1. The summed E-state index contributed by atoms with van der Waals surface area (Å²) >= 11 is 0. The molecule has 0 saturated carbocycles. The minimum Gasteiger partial charge on any atom is -0.493 e. The van der Waals surface area contributed by atoms with Crippen LogP contribution in [0, 0.1) is 0 Å². The zero-order valence-electron chi connectivity index (χ0n) is 17.0. The van der Waals surface area contributed by atoms with E-state index in [9.17, 15) is 40.9 Å². The molecule has 10 atom stereocenters. The van der Waals surface area contributed by atoms with Crippen molar-refractivity contribution in [2.24, 2.45) is 0 Å². The summed E-state index contributed by atoms with van der Waals surface area (Å²) in [5, 5.41) is 78.2. The van der Waals surface area contributed by atoms with Crippen molar-refractivity contribution in [2.75, 3.05) is 20.3 Å². The van der Waals surface area contributed by atoms with Gasteiger partial charge in [-0.1, -0.05) is 0 Å². The first kappa shape index (κ1) is 24.9. The summed E-state index contributed by atoms with van der Waals surface area (Å²) in [5.41, 5.74) is 0. The number of aliphatic hydroxyl groups excluding tert-OH is 8. The molecule has 10 unspecified atom stereocenters. The van der Waals surface area contributed by atoms with E-state index in [4.69, 9.17) is 23.7 Å². The van der Waals surface area contributed by atoms with Crippen LogP contribution in [0.4, 0.5) is 0 Å². The third-order valence-electron chi connectivity index (χ3n) is 5.33. The molecule has 13 nitrogen and oxygen atoms in total. The van der Waals surface area contributed by atoms with Crippen LogP contribution in [0.15, 0.2) is 18.2 Å². The fraction of sp³-hybridized carbons (Fsp3) is 0.684. The van der Waals surface area contributed by atoms with Gasteiger partial charge in [-0.05, 0) is 12.1 Å². The topological polar surface area (TPSA) is 208 Å². The molecule has 0 bridgehead atoms. The van der Waals surface area contributed by atoms with Crippen LogP contribution < -0.4 is 14.2 Å². The number of aliphatic hydroxyl groups is 8. The first-order chi connectivity index (χ1) is 15.2. The van der Waals surface area contributed by atoms with Crippen LogP contribution in [0.5, 0.6) is 17.2 Å². The zero-order chi connectivity index (χ0) is 23.6. The number of hydrogen-bond donors (Lipinski definition) is 8. The van der Waals surface area contributed by atoms with Gasteiger partial charge < -0.3 is 64.5 Å². The molecule has 0 amide bonds. The lowest BCUT2D eigenvalue weighted by Gasteiger charge is -2.40. The fourth-order valence-corrected chi connectivity index (χ4v) is 3.41. The van der Waals surface area contributed by atoms with Crippen molar-refractivity contribution in [3.63, 3.8) is 0 Å². The van der Waals surface area contributed by atoms with E-state index in [-0.39, 0.29) is 17.2 Å². The molecule has 0 spiro atoms. The summed E-state index contributed by atoms with van der Waals surface area (Å²) in [5.74, 6) is 0.245. The molecular weight excluding hydrogens is 436 g/mol. The van der Waals surface area contributed by atoms with Crippen LogP contribution in [0.2, 0.25) is 0 Å². The molecule has 2 heterocycles. The Morgan fingerprint density at radius 1 is 0.688 bits per heavy atom. The highest BCUT2D eigenvalue weighted by Gasteiger charge is 2.46. The van der Waals surface area contributed by atoms with E-state index in [0.29, 0.717) is 0 Å². The Hall–Kier alpha value is -1.78. The zero-order valence-corrected chi connectivity index (χ0v) is 17.0. The van der Waals surface area contributed by atoms with E-state index in [0.717, 1.165) is 0 Å². The summed E-state index contributed by atoms with van der Waals surface area (Å²) in [6, 6.07) is 4.07. The fourth-order valence-electron chi connectivity index (χ4n) is 3.41. The van der Waals surface area contributed by atoms with E-state index >= 15 is 0 Å². The quantitative estimate of drug-likeness (QED) is 0.194. The van der Waals surface area contributed by atoms with Crippen LogP contribution in [0.25, 0.3) is 0 Å². The Morgan fingerprint density at radius 3 is 1.66 bits per heavy atom. The van der Waals surface area contributed by atoms with Crippen molar-refractivity contribution >= 4 is 0 Å². The molecule has 1 aromatic rings. The van der Waals surface area contributed by atoms with Crippen molar-refractivity contribution in [3.05, 3.63) is 18.2 Å². The lowest BCUT2D eigenvalue weighted by atomic mass is 9.99. The molecule has 2 aliphatic rings. The summed E-state index contributed by atoms with van der Waals surface area (Å²) < 4.78 is 26.9. The second-order valence-corrected chi connectivity index (χ2v) is 7.44. The Kier molecular flexibility index (Phi) is 8.11. The normalized spacial score (nSPS) is 40.0. The van der Waals surface area contributed by atoms with Gasteiger partial charge in [0.15, 0.2) is 11.5 Å². The Morgan fingerprint density at radius 2 is 1.19 bits per heavy atom. The van der Waals surface area contributed by atoms with E-state index in [2.05, 4.69) is 0 Å². The van der Waals surface area contributed by atoms with Gasteiger partial charge in [-0.15, -0.1) is 0 Å². The SMILES string of the molecule is COc1cc(OC2OC(CO)C(O)C(O)C2O)ccc1OC1OC(CO)C(O)C(O)C1O. The average molecular weight is 464 g/mol. The largest absolute Gasteiger partial charge is 0.493 e. The van der Waals surface area contributed by atoms with Crippen molar-refractivity contribution < 1.29 is 64.5 Å². The highest BCUT2D eigenvalue weighted by atomic mass is 16.7. The Balaban J connectivity index is 1.73. The molecule has 0 radical (unpaired) electrons. The Labute approximate surface area is 182 Å². The summed E-state index contributed by atoms with van der Waals surface area (Å²) in [4.78, 5) is 0. The van der Waals surface area contributed by atoms with Gasteiger partial charge in [0, 0.05) is 6.07 Å². The maximum Gasteiger partial charge on any atom is 0.229 e. The Bertz CT molecular complexity index is 744. The van der Waals surface area contributed by atoms with Crippen LogP contribution in [-0.2, 0) is 9.47 Å². The van der Waals surface area contributed by atoms with E-state index in [1.807, 2.05) is 0 Å². The number of rotatable bonds is 7. The average Bonchev–Trinajstić information content (AvgIpc) is 2.80. The first-order valence-corrected chi connectivity index (χ1v) is 9.84. The molecule has 32 heavy (non-hydrogen) atoms. The second-order valence-electron chi connectivity index (χ2n) is 7.44. The van der Waals surface area contributed by atoms with Crippen LogP contribution in [0.1, 0.15) is 0 Å². The third-order valence-corrected chi connectivity index (χ3v) is 5.33. The van der Waals surface area contributed by atoms with Gasteiger partial charge in [-0.25, -0.2) is 0 Å². The highest BCUT2D eigenvalue weighted by Crippen LogP contribution is 2.35. The maximum atomic E-state index is 10.1. The van der Waals surface area contributed by atoms with Crippen molar-refractivity contribution in [1.29, 1.82) is 0 Å². The molecule has 182 valence electrons. The summed E-state index contributed by atoms with van der Waals surface area (Å²) in [6.07, 6.45) is -14.7. The molecule has 13 heteroatoms. The molecule has 2 fully saturated rings. The maximum absolute atomic E-state index is 10.1. The van der Waals surface area contributed by atoms with Crippen LogP contribution in [-0.4, -0.2) is 123 Å². The van der Waals surface area contributed by atoms with Crippen molar-refractivity contribution in [2.45, 2.75) is 61.4 Å². The molecule has 3 rings (SSSR count).